The molecule has 1 heterocycles. The first-order valence-corrected chi connectivity index (χ1v) is 7.93. The molecule has 1 aliphatic heterocycles. The van der Waals surface area contributed by atoms with E-state index in [4.69, 9.17) is 4.74 Å². The van der Waals surface area contributed by atoms with Crippen LogP contribution in [0.15, 0.2) is 24.3 Å². The number of carbonyl (C=O) groups is 2. The lowest BCUT2D eigenvalue weighted by molar-refractivity contribution is -0.138. The van der Waals surface area contributed by atoms with E-state index in [1.165, 1.54) is 12.1 Å². The molecule has 2 amide bonds. The number of para-hydroxylation sites is 1. The van der Waals surface area contributed by atoms with Crippen molar-refractivity contribution in [2.75, 3.05) is 44.7 Å². The number of ether oxygens (including phenoxy) is 1. The van der Waals surface area contributed by atoms with Gasteiger partial charge in [-0.1, -0.05) is 12.1 Å². The third-order valence-electron chi connectivity index (χ3n) is 3.73. The van der Waals surface area contributed by atoms with Gasteiger partial charge in [0.2, 0.25) is 0 Å². The van der Waals surface area contributed by atoms with E-state index in [2.05, 4.69) is 10.2 Å². The summed E-state index contributed by atoms with van der Waals surface area (Å²) in [5.41, 5.74) is -1.44. The number of halogens is 3. The highest BCUT2D eigenvalue weighted by Crippen LogP contribution is 2.34. The molecule has 0 radical (unpaired) electrons. The summed E-state index contributed by atoms with van der Waals surface area (Å²) in [6.07, 6.45) is -3.98. The highest BCUT2D eigenvalue weighted by molar-refractivity contribution is 6.39. The molecule has 0 atom stereocenters. The summed E-state index contributed by atoms with van der Waals surface area (Å²) in [6.45, 7) is 4.01. The second kappa shape index (κ2) is 8.82. The molecule has 1 aliphatic rings. The van der Waals surface area contributed by atoms with E-state index in [1.54, 1.807) is 0 Å². The number of carbonyl (C=O) groups excluding carboxylic acids is 2. The molecule has 138 valence electrons. The summed E-state index contributed by atoms with van der Waals surface area (Å²) in [7, 11) is 0. The average Bonchev–Trinajstić information content (AvgIpc) is 2.59. The molecule has 1 saturated heterocycles. The van der Waals surface area contributed by atoms with Gasteiger partial charge in [-0.3, -0.25) is 14.5 Å². The molecular formula is C16H20F3N3O3. The molecule has 2 rings (SSSR count). The van der Waals surface area contributed by atoms with E-state index in [9.17, 15) is 22.8 Å². The van der Waals surface area contributed by atoms with E-state index in [-0.39, 0.29) is 6.54 Å². The van der Waals surface area contributed by atoms with Crippen molar-refractivity contribution >= 4 is 17.5 Å². The minimum atomic E-state index is -4.61. The highest BCUT2D eigenvalue weighted by atomic mass is 19.4. The Kier molecular flexibility index (Phi) is 6.77. The minimum absolute atomic E-state index is 0.268. The SMILES string of the molecule is O=C(NCCCN1CCOCC1)C(=O)Nc1ccccc1C(F)(F)F. The van der Waals surface area contributed by atoms with Gasteiger partial charge in [-0.2, -0.15) is 13.2 Å². The van der Waals surface area contributed by atoms with Crippen LogP contribution in [-0.4, -0.2) is 56.1 Å². The van der Waals surface area contributed by atoms with Crippen LogP contribution in [0.3, 0.4) is 0 Å². The molecule has 25 heavy (non-hydrogen) atoms. The summed E-state index contributed by atoms with van der Waals surface area (Å²) in [6, 6.07) is 4.51. The lowest BCUT2D eigenvalue weighted by atomic mass is 10.1. The van der Waals surface area contributed by atoms with Gasteiger partial charge >= 0.3 is 18.0 Å². The normalized spacial score (nSPS) is 15.6. The third kappa shape index (κ3) is 6.02. The molecule has 0 aliphatic carbocycles. The largest absolute Gasteiger partial charge is 0.418 e. The molecule has 0 unspecified atom stereocenters. The number of nitrogens with zero attached hydrogens (tertiary/aromatic N) is 1. The predicted molar refractivity (Wildman–Crippen MR) is 85.0 cm³/mol. The Morgan fingerprint density at radius 1 is 1.12 bits per heavy atom. The zero-order valence-electron chi connectivity index (χ0n) is 13.6. The van der Waals surface area contributed by atoms with Gasteiger partial charge < -0.3 is 15.4 Å². The van der Waals surface area contributed by atoms with Crippen molar-refractivity contribution in [2.45, 2.75) is 12.6 Å². The number of hydrogen-bond donors (Lipinski definition) is 2. The number of hydrogen-bond acceptors (Lipinski definition) is 4. The van der Waals surface area contributed by atoms with Gasteiger partial charge in [-0.05, 0) is 25.1 Å². The van der Waals surface area contributed by atoms with Gasteiger partial charge in [-0.25, -0.2) is 0 Å². The van der Waals surface area contributed by atoms with Crippen molar-refractivity contribution in [1.82, 2.24) is 10.2 Å². The highest BCUT2D eigenvalue weighted by Gasteiger charge is 2.34. The fraction of sp³-hybridized carbons (Fsp3) is 0.500. The number of anilines is 1. The number of benzene rings is 1. The Morgan fingerprint density at radius 2 is 1.80 bits per heavy atom. The molecule has 0 spiro atoms. The maximum absolute atomic E-state index is 12.9. The van der Waals surface area contributed by atoms with Crippen LogP contribution in [0.2, 0.25) is 0 Å². The van der Waals surface area contributed by atoms with Gasteiger partial charge in [0.05, 0.1) is 24.5 Å². The number of rotatable bonds is 5. The van der Waals surface area contributed by atoms with Crippen LogP contribution in [0, 0.1) is 0 Å². The number of alkyl halides is 3. The van der Waals surface area contributed by atoms with Crippen LogP contribution in [0.25, 0.3) is 0 Å². The lowest BCUT2D eigenvalue weighted by Gasteiger charge is -2.26. The smallest absolute Gasteiger partial charge is 0.379 e. The molecule has 0 aromatic heterocycles. The Bertz CT molecular complexity index is 602. The number of amides is 2. The third-order valence-corrected chi connectivity index (χ3v) is 3.73. The van der Waals surface area contributed by atoms with Gasteiger partial charge in [-0.15, -0.1) is 0 Å². The maximum Gasteiger partial charge on any atom is 0.418 e. The minimum Gasteiger partial charge on any atom is -0.379 e. The lowest BCUT2D eigenvalue weighted by Crippen LogP contribution is -2.40. The Hall–Kier alpha value is -2.13. The number of morpholine rings is 1. The Balaban J connectivity index is 1.78. The van der Waals surface area contributed by atoms with E-state index >= 15 is 0 Å². The van der Waals surface area contributed by atoms with Gasteiger partial charge in [0.25, 0.3) is 0 Å². The van der Waals surface area contributed by atoms with Crippen LogP contribution in [0.1, 0.15) is 12.0 Å². The van der Waals surface area contributed by atoms with Crippen molar-refractivity contribution < 1.29 is 27.5 Å². The first-order chi connectivity index (χ1) is 11.9. The molecule has 9 heteroatoms. The van der Waals surface area contributed by atoms with Gasteiger partial charge in [0.1, 0.15) is 0 Å². The summed E-state index contributed by atoms with van der Waals surface area (Å²) >= 11 is 0. The van der Waals surface area contributed by atoms with Crippen LogP contribution < -0.4 is 10.6 Å². The van der Waals surface area contributed by atoms with E-state index in [0.717, 1.165) is 31.8 Å². The predicted octanol–water partition coefficient (Wildman–Crippen LogP) is 1.48. The average molecular weight is 359 g/mol. The standard InChI is InChI=1S/C16H20F3N3O3/c17-16(18,19)12-4-1-2-5-13(12)21-15(24)14(23)20-6-3-7-22-8-10-25-11-9-22/h1-2,4-5H,3,6-11H2,(H,20,23)(H,21,24). The molecule has 2 N–H and O–H groups in total. The van der Waals surface area contributed by atoms with Crippen LogP contribution in [0.5, 0.6) is 0 Å². The van der Waals surface area contributed by atoms with Crippen molar-refractivity contribution in [1.29, 1.82) is 0 Å². The first-order valence-electron chi connectivity index (χ1n) is 7.93. The summed E-state index contributed by atoms with van der Waals surface area (Å²) in [5, 5.41) is 4.42. The molecule has 1 aromatic rings. The molecular weight excluding hydrogens is 339 g/mol. The Morgan fingerprint density at radius 3 is 2.48 bits per heavy atom. The quantitative estimate of drug-likeness (QED) is 0.617. The molecule has 1 fully saturated rings. The van der Waals surface area contributed by atoms with E-state index in [1.807, 2.05) is 5.32 Å². The second-order valence-electron chi connectivity index (χ2n) is 5.56. The summed E-state index contributed by atoms with van der Waals surface area (Å²) in [5.74, 6) is -2.08. The second-order valence-corrected chi connectivity index (χ2v) is 5.56. The zero-order chi connectivity index (χ0) is 18.3. The fourth-order valence-corrected chi connectivity index (χ4v) is 2.43. The monoisotopic (exact) mass is 359 g/mol. The van der Waals surface area contributed by atoms with Crippen molar-refractivity contribution in [3.05, 3.63) is 29.8 Å². The van der Waals surface area contributed by atoms with Crippen molar-refractivity contribution in [2.24, 2.45) is 0 Å². The zero-order valence-corrected chi connectivity index (χ0v) is 13.6. The van der Waals surface area contributed by atoms with E-state index < -0.39 is 29.2 Å². The molecule has 0 bridgehead atoms. The van der Waals surface area contributed by atoms with Crippen LogP contribution in [0.4, 0.5) is 18.9 Å². The van der Waals surface area contributed by atoms with Gasteiger partial charge in [0.15, 0.2) is 0 Å². The van der Waals surface area contributed by atoms with Crippen LogP contribution in [-0.2, 0) is 20.5 Å². The maximum atomic E-state index is 12.9. The van der Waals surface area contributed by atoms with Crippen molar-refractivity contribution in [3.8, 4) is 0 Å². The summed E-state index contributed by atoms with van der Waals surface area (Å²) in [4.78, 5) is 25.7. The van der Waals surface area contributed by atoms with Crippen molar-refractivity contribution in [3.63, 3.8) is 0 Å². The van der Waals surface area contributed by atoms with Gasteiger partial charge in [0, 0.05) is 19.6 Å². The fourth-order valence-electron chi connectivity index (χ4n) is 2.43. The number of nitrogens with one attached hydrogen (secondary N) is 2. The summed E-state index contributed by atoms with van der Waals surface area (Å²) < 4.78 is 43.8. The van der Waals surface area contributed by atoms with E-state index in [0.29, 0.717) is 19.6 Å². The van der Waals surface area contributed by atoms with Crippen LogP contribution >= 0.6 is 0 Å². The molecule has 1 aromatic carbocycles. The molecule has 6 nitrogen and oxygen atoms in total. The Labute approximate surface area is 143 Å². The first kappa shape index (κ1) is 19.2. The topological polar surface area (TPSA) is 70.7 Å². The molecule has 0 saturated carbocycles.